The van der Waals surface area contributed by atoms with Crippen LogP contribution in [0.4, 0.5) is 5.82 Å². The van der Waals surface area contributed by atoms with Crippen LogP contribution >= 0.6 is 15.9 Å². The van der Waals surface area contributed by atoms with Crippen molar-refractivity contribution in [3.8, 4) is 0 Å². The van der Waals surface area contributed by atoms with E-state index in [9.17, 15) is 0 Å². The van der Waals surface area contributed by atoms with E-state index in [1.54, 1.807) is 0 Å². The standard InChI is InChI=1S/C12H19BrN2/c1-3-5-9-15(4-2)12-11(10-13)7-6-8-14-12/h6-8H,3-5,9-10H2,1-2H3. The minimum atomic E-state index is 0.874. The van der Waals surface area contributed by atoms with E-state index < -0.39 is 0 Å². The summed E-state index contributed by atoms with van der Waals surface area (Å²) in [7, 11) is 0. The Labute approximate surface area is 101 Å². The molecule has 0 aliphatic heterocycles. The van der Waals surface area contributed by atoms with E-state index >= 15 is 0 Å². The smallest absolute Gasteiger partial charge is 0.132 e. The number of hydrogen-bond donors (Lipinski definition) is 0. The van der Waals surface area contributed by atoms with Crippen molar-refractivity contribution < 1.29 is 0 Å². The maximum Gasteiger partial charge on any atom is 0.132 e. The second-order valence-electron chi connectivity index (χ2n) is 3.55. The van der Waals surface area contributed by atoms with Gasteiger partial charge < -0.3 is 4.90 Å². The highest BCUT2D eigenvalue weighted by atomic mass is 79.9. The highest BCUT2D eigenvalue weighted by molar-refractivity contribution is 9.08. The summed E-state index contributed by atoms with van der Waals surface area (Å²) in [5.41, 5.74) is 1.27. The largest absolute Gasteiger partial charge is 0.357 e. The SMILES string of the molecule is CCCCN(CC)c1ncccc1CBr. The summed E-state index contributed by atoms with van der Waals surface area (Å²) in [5, 5.41) is 0.874. The number of hydrogen-bond acceptors (Lipinski definition) is 2. The molecule has 2 nitrogen and oxygen atoms in total. The molecule has 15 heavy (non-hydrogen) atoms. The molecule has 0 aromatic carbocycles. The maximum atomic E-state index is 4.47. The quantitative estimate of drug-likeness (QED) is 0.735. The second-order valence-corrected chi connectivity index (χ2v) is 4.11. The van der Waals surface area contributed by atoms with E-state index in [1.807, 2.05) is 12.3 Å². The first-order chi connectivity index (χ1) is 7.33. The minimum Gasteiger partial charge on any atom is -0.357 e. The van der Waals surface area contributed by atoms with Gasteiger partial charge in [0.15, 0.2) is 0 Å². The summed E-state index contributed by atoms with van der Waals surface area (Å²) in [6.07, 6.45) is 4.33. The zero-order valence-corrected chi connectivity index (χ0v) is 11.1. The molecule has 0 N–H and O–H groups in total. The fourth-order valence-electron chi connectivity index (χ4n) is 1.58. The molecule has 0 saturated carbocycles. The number of alkyl halides is 1. The first-order valence-electron chi connectivity index (χ1n) is 5.58. The predicted octanol–water partition coefficient (Wildman–Crippen LogP) is 3.60. The predicted molar refractivity (Wildman–Crippen MR) is 69.7 cm³/mol. The van der Waals surface area contributed by atoms with E-state index in [4.69, 9.17) is 0 Å². The number of pyridine rings is 1. The molecule has 84 valence electrons. The van der Waals surface area contributed by atoms with Crippen molar-refractivity contribution in [1.82, 2.24) is 4.98 Å². The normalized spacial score (nSPS) is 10.3. The fourth-order valence-corrected chi connectivity index (χ4v) is 2.02. The molecule has 0 radical (unpaired) electrons. The van der Waals surface area contributed by atoms with Gasteiger partial charge in [0, 0.05) is 30.2 Å². The van der Waals surface area contributed by atoms with Gasteiger partial charge in [-0.05, 0) is 19.4 Å². The van der Waals surface area contributed by atoms with Gasteiger partial charge in [-0.2, -0.15) is 0 Å². The Kier molecular flexibility index (Phi) is 5.69. The average molecular weight is 271 g/mol. The second kappa shape index (κ2) is 6.83. The molecule has 3 heteroatoms. The number of halogens is 1. The summed E-state index contributed by atoms with van der Waals surface area (Å²) in [5.74, 6) is 1.13. The Hall–Kier alpha value is -0.570. The van der Waals surface area contributed by atoms with E-state index in [-0.39, 0.29) is 0 Å². The van der Waals surface area contributed by atoms with Crippen molar-refractivity contribution in [2.45, 2.75) is 32.0 Å². The van der Waals surface area contributed by atoms with Crippen LogP contribution in [0.2, 0.25) is 0 Å². The molecule has 0 atom stereocenters. The third-order valence-corrected chi connectivity index (χ3v) is 3.08. The van der Waals surface area contributed by atoms with E-state index in [0.29, 0.717) is 0 Å². The molecule has 0 amide bonds. The van der Waals surface area contributed by atoms with Crippen molar-refractivity contribution in [2.75, 3.05) is 18.0 Å². The van der Waals surface area contributed by atoms with Crippen LogP contribution in [0.1, 0.15) is 32.3 Å². The third kappa shape index (κ3) is 3.49. The Balaban J connectivity index is 2.80. The molecular formula is C12H19BrN2. The molecule has 0 spiro atoms. The Morgan fingerprint density at radius 3 is 2.80 bits per heavy atom. The van der Waals surface area contributed by atoms with Crippen LogP contribution < -0.4 is 4.90 Å². The number of aromatic nitrogens is 1. The van der Waals surface area contributed by atoms with Gasteiger partial charge in [0.25, 0.3) is 0 Å². The number of nitrogens with zero attached hydrogens (tertiary/aromatic N) is 2. The van der Waals surface area contributed by atoms with Crippen molar-refractivity contribution in [1.29, 1.82) is 0 Å². The average Bonchev–Trinajstić information content (AvgIpc) is 2.30. The molecule has 0 fully saturated rings. The van der Waals surface area contributed by atoms with E-state index in [2.05, 4.69) is 45.7 Å². The van der Waals surface area contributed by atoms with Gasteiger partial charge in [-0.25, -0.2) is 4.98 Å². The highest BCUT2D eigenvalue weighted by Crippen LogP contribution is 2.19. The van der Waals surface area contributed by atoms with Gasteiger partial charge in [-0.1, -0.05) is 35.3 Å². The lowest BCUT2D eigenvalue weighted by Crippen LogP contribution is -2.25. The third-order valence-electron chi connectivity index (χ3n) is 2.47. The maximum absolute atomic E-state index is 4.47. The number of rotatable bonds is 6. The van der Waals surface area contributed by atoms with Gasteiger partial charge in [-0.15, -0.1) is 0 Å². The Morgan fingerprint density at radius 2 is 2.20 bits per heavy atom. The Bertz CT molecular complexity index is 289. The van der Waals surface area contributed by atoms with Crippen LogP contribution in [-0.4, -0.2) is 18.1 Å². The summed E-state index contributed by atoms with van der Waals surface area (Å²) < 4.78 is 0. The lowest BCUT2D eigenvalue weighted by atomic mass is 10.2. The van der Waals surface area contributed by atoms with Crippen molar-refractivity contribution in [2.24, 2.45) is 0 Å². The summed E-state index contributed by atoms with van der Waals surface area (Å²) in [6.45, 7) is 6.53. The monoisotopic (exact) mass is 270 g/mol. The van der Waals surface area contributed by atoms with Crippen LogP contribution in [0.15, 0.2) is 18.3 Å². The molecule has 0 bridgehead atoms. The zero-order chi connectivity index (χ0) is 11.1. The van der Waals surface area contributed by atoms with Crippen LogP contribution in [0.25, 0.3) is 0 Å². The summed E-state index contributed by atoms with van der Waals surface area (Å²) >= 11 is 3.51. The molecule has 1 heterocycles. The van der Waals surface area contributed by atoms with Crippen molar-refractivity contribution >= 4 is 21.7 Å². The zero-order valence-electron chi connectivity index (χ0n) is 9.54. The van der Waals surface area contributed by atoms with Gasteiger partial charge in [0.05, 0.1) is 0 Å². The lowest BCUT2D eigenvalue weighted by molar-refractivity contribution is 0.722. The molecule has 1 rings (SSSR count). The van der Waals surface area contributed by atoms with Gasteiger partial charge in [0.2, 0.25) is 0 Å². The lowest BCUT2D eigenvalue weighted by Gasteiger charge is -2.23. The van der Waals surface area contributed by atoms with Crippen LogP contribution in [-0.2, 0) is 5.33 Å². The first kappa shape index (κ1) is 12.5. The molecule has 1 aromatic rings. The fraction of sp³-hybridized carbons (Fsp3) is 0.583. The molecule has 0 aliphatic carbocycles. The minimum absolute atomic E-state index is 0.874. The number of anilines is 1. The van der Waals surface area contributed by atoms with E-state index in [1.165, 1.54) is 18.4 Å². The molecule has 1 aromatic heterocycles. The first-order valence-corrected chi connectivity index (χ1v) is 6.70. The highest BCUT2D eigenvalue weighted by Gasteiger charge is 2.08. The Morgan fingerprint density at radius 1 is 1.40 bits per heavy atom. The molecule has 0 unspecified atom stereocenters. The van der Waals surface area contributed by atoms with Crippen LogP contribution in [0, 0.1) is 0 Å². The van der Waals surface area contributed by atoms with Gasteiger partial charge in [-0.3, -0.25) is 0 Å². The van der Waals surface area contributed by atoms with Crippen molar-refractivity contribution in [3.63, 3.8) is 0 Å². The molecule has 0 aliphatic rings. The van der Waals surface area contributed by atoms with Gasteiger partial charge >= 0.3 is 0 Å². The van der Waals surface area contributed by atoms with Crippen molar-refractivity contribution in [3.05, 3.63) is 23.9 Å². The molecular weight excluding hydrogens is 252 g/mol. The van der Waals surface area contributed by atoms with E-state index in [0.717, 1.165) is 24.2 Å². The van der Waals surface area contributed by atoms with Crippen LogP contribution in [0.3, 0.4) is 0 Å². The van der Waals surface area contributed by atoms with Gasteiger partial charge in [0.1, 0.15) is 5.82 Å². The number of unbranched alkanes of at least 4 members (excludes halogenated alkanes) is 1. The topological polar surface area (TPSA) is 16.1 Å². The molecule has 0 saturated heterocycles. The summed E-state index contributed by atoms with van der Waals surface area (Å²) in [4.78, 5) is 6.82. The summed E-state index contributed by atoms with van der Waals surface area (Å²) in [6, 6.07) is 4.12. The van der Waals surface area contributed by atoms with Crippen LogP contribution in [0.5, 0.6) is 0 Å².